The number of aliphatic hydroxyl groups is 1. The highest BCUT2D eigenvalue weighted by Gasteiger charge is 2.25. The summed E-state index contributed by atoms with van der Waals surface area (Å²) in [6.45, 7) is 2.20. The van der Waals surface area contributed by atoms with Crippen LogP contribution in [0.5, 0.6) is 0 Å². The lowest BCUT2D eigenvalue weighted by atomic mass is 10.2. The molecule has 0 saturated carbocycles. The highest BCUT2D eigenvalue weighted by molar-refractivity contribution is 7.75. The van der Waals surface area contributed by atoms with Gasteiger partial charge in [0.2, 0.25) is 0 Å². The zero-order chi connectivity index (χ0) is 10.4. The van der Waals surface area contributed by atoms with Gasteiger partial charge in [0.05, 0.1) is 13.2 Å². The van der Waals surface area contributed by atoms with E-state index in [0.29, 0.717) is 26.3 Å². The fourth-order valence-electron chi connectivity index (χ4n) is 1.33. The molecule has 6 heteroatoms. The first-order valence-electron chi connectivity index (χ1n) is 4.57. The van der Waals surface area contributed by atoms with Crippen LogP contribution in [0.2, 0.25) is 0 Å². The van der Waals surface area contributed by atoms with Crippen LogP contribution in [0, 0.1) is 0 Å². The maximum atomic E-state index is 11.7. The zero-order valence-electron chi connectivity index (χ0n) is 7.89. The number of nitrogens with zero attached hydrogens (tertiary/aromatic N) is 1. The average molecular weight is 221 g/mol. The van der Waals surface area contributed by atoms with Crippen molar-refractivity contribution in [2.24, 2.45) is 0 Å². The summed E-state index contributed by atoms with van der Waals surface area (Å²) in [5.74, 6) is -0.127. The first-order chi connectivity index (χ1) is 6.79. The smallest absolute Gasteiger partial charge is 0.253 e. The molecule has 1 rings (SSSR count). The van der Waals surface area contributed by atoms with Gasteiger partial charge in [-0.2, -0.15) is 0 Å². The largest absolute Gasteiger partial charge is 0.396 e. The van der Waals surface area contributed by atoms with Gasteiger partial charge in [-0.1, -0.05) is 0 Å². The number of thiol groups is 1. The van der Waals surface area contributed by atoms with Crippen molar-refractivity contribution < 1.29 is 18.8 Å². The van der Waals surface area contributed by atoms with Crippen molar-refractivity contribution in [2.45, 2.75) is 12.5 Å². The number of hydrogen-bond donors (Lipinski definition) is 2. The monoisotopic (exact) mass is 221 g/mol. The van der Waals surface area contributed by atoms with Crippen LogP contribution in [-0.4, -0.2) is 54.9 Å². The Hall–Kier alpha value is -0.300. The number of hydrogen-bond acceptors (Lipinski definition) is 5. The van der Waals surface area contributed by atoms with Crippen molar-refractivity contribution in [3.05, 3.63) is 0 Å². The fourth-order valence-corrected chi connectivity index (χ4v) is 1.52. The van der Waals surface area contributed by atoms with Gasteiger partial charge in [0.15, 0.2) is 6.10 Å². The average Bonchev–Trinajstić information content (AvgIpc) is 2.26. The summed E-state index contributed by atoms with van der Waals surface area (Å²) in [4.78, 5) is 13.4. The molecule has 1 aliphatic heterocycles. The van der Waals surface area contributed by atoms with Crippen molar-refractivity contribution in [1.29, 1.82) is 0 Å². The van der Waals surface area contributed by atoms with Crippen LogP contribution < -0.4 is 0 Å². The molecule has 1 N–H and O–H groups in total. The molecule has 0 radical (unpaired) electrons. The van der Waals surface area contributed by atoms with E-state index in [-0.39, 0.29) is 18.9 Å². The summed E-state index contributed by atoms with van der Waals surface area (Å²) in [6, 6.07) is 0. The molecule has 1 aliphatic rings. The number of ether oxygens (including phenoxy) is 1. The first-order valence-corrected chi connectivity index (χ1v) is 4.93. The predicted molar refractivity (Wildman–Crippen MR) is 53.0 cm³/mol. The number of carbonyl (C=O) groups excluding carboxylic acids is 1. The second-order valence-corrected chi connectivity index (χ2v) is 3.25. The predicted octanol–water partition coefficient (Wildman–Crippen LogP) is -0.542. The first kappa shape index (κ1) is 11.8. The minimum atomic E-state index is -0.651. The van der Waals surface area contributed by atoms with E-state index in [2.05, 4.69) is 12.9 Å². The molecule has 1 atom stereocenters. The molecule has 1 saturated heterocycles. The normalized spacial score (nSPS) is 19.4. The molecule has 0 bridgehead atoms. The molecule has 1 fully saturated rings. The molecule has 1 amide bonds. The van der Waals surface area contributed by atoms with E-state index >= 15 is 0 Å². The van der Waals surface area contributed by atoms with Crippen molar-refractivity contribution >= 4 is 18.8 Å². The van der Waals surface area contributed by atoms with E-state index in [9.17, 15) is 4.79 Å². The number of rotatable bonds is 4. The third-order valence-corrected chi connectivity index (χ3v) is 2.37. The van der Waals surface area contributed by atoms with Crippen LogP contribution in [0.1, 0.15) is 6.42 Å². The van der Waals surface area contributed by atoms with Crippen LogP contribution in [0.3, 0.4) is 0 Å². The molecule has 0 spiro atoms. The van der Waals surface area contributed by atoms with Crippen LogP contribution in [0.15, 0.2) is 0 Å². The maximum absolute atomic E-state index is 11.7. The van der Waals surface area contributed by atoms with Crippen LogP contribution in [-0.2, 0) is 13.7 Å². The van der Waals surface area contributed by atoms with E-state index in [1.54, 1.807) is 4.90 Å². The van der Waals surface area contributed by atoms with Crippen LogP contribution in [0.4, 0.5) is 0 Å². The van der Waals surface area contributed by atoms with Gasteiger partial charge < -0.3 is 18.9 Å². The van der Waals surface area contributed by atoms with Gasteiger partial charge >= 0.3 is 0 Å². The molecule has 1 heterocycles. The van der Waals surface area contributed by atoms with Gasteiger partial charge in [0.1, 0.15) is 0 Å². The number of carbonyl (C=O) groups is 1. The van der Waals surface area contributed by atoms with E-state index in [1.165, 1.54) is 0 Å². The van der Waals surface area contributed by atoms with Gasteiger partial charge in [-0.25, -0.2) is 0 Å². The number of aliphatic hydroxyl groups excluding tert-OH is 1. The highest BCUT2D eigenvalue weighted by Crippen LogP contribution is 2.07. The second kappa shape index (κ2) is 6.23. The van der Waals surface area contributed by atoms with Gasteiger partial charge in [-0.05, 0) is 12.9 Å². The molecule has 1 unspecified atom stereocenters. The molecule has 5 nitrogen and oxygen atoms in total. The summed E-state index contributed by atoms with van der Waals surface area (Å²) in [6.07, 6.45) is -0.374. The van der Waals surface area contributed by atoms with Gasteiger partial charge in [0, 0.05) is 26.1 Å². The quantitative estimate of drug-likeness (QED) is 0.494. The van der Waals surface area contributed by atoms with E-state index in [1.807, 2.05) is 0 Å². The van der Waals surface area contributed by atoms with Crippen molar-refractivity contribution in [1.82, 2.24) is 4.90 Å². The third kappa shape index (κ3) is 3.13. The lowest BCUT2D eigenvalue weighted by Gasteiger charge is -2.29. The van der Waals surface area contributed by atoms with E-state index in [4.69, 9.17) is 14.0 Å². The number of amides is 1. The Morgan fingerprint density at radius 1 is 1.57 bits per heavy atom. The topological polar surface area (TPSA) is 59.0 Å². The minimum Gasteiger partial charge on any atom is -0.396 e. The third-order valence-electron chi connectivity index (χ3n) is 2.12. The Balaban J connectivity index is 2.43. The van der Waals surface area contributed by atoms with Crippen LogP contribution in [0.25, 0.3) is 0 Å². The molecular weight excluding hydrogens is 206 g/mol. The van der Waals surface area contributed by atoms with Crippen molar-refractivity contribution in [3.63, 3.8) is 0 Å². The summed E-state index contributed by atoms with van der Waals surface area (Å²) in [7, 11) is 0. The highest BCUT2D eigenvalue weighted by atomic mass is 32.1. The molecule has 14 heavy (non-hydrogen) atoms. The lowest BCUT2D eigenvalue weighted by molar-refractivity contribution is -0.142. The fraction of sp³-hybridized carbons (Fsp3) is 0.875. The lowest BCUT2D eigenvalue weighted by Crippen LogP contribution is -2.46. The summed E-state index contributed by atoms with van der Waals surface area (Å²) < 4.78 is 9.83. The Bertz CT molecular complexity index is 177. The Morgan fingerprint density at radius 2 is 2.21 bits per heavy atom. The standard InChI is InChI=1S/C8H15NO4S/c10-4-1-7(13-14)8(11)9-2-5-12-6-3-9/h7,10,14H,1-6H2. The SMILES string of the molecule is O=C(C(CCO)OS)N1CCOCC1. The molecule has 0 aromatic carbocycles. The van der Waals surface area contributed by atoms with Gasteiger partial charge in [-0.15, -0.1) is 0 Å². The van der Waals surface area contributed by atoms with Gasteiger partial charge in [0.25, 0.3) is 5.91 Å². The molecular formula is C8H15NO4S. The minimum absolute atomic E-state index is 0.0820. The van der Waals surface area contributed by atoms with Gasteiger partial charge in [-0.3, -0.25) is 4.79 Å². The van der Waals surface area contributed by atoms with E-state index in [0.717, 1.165) is 0 Å². The summed E-state index contributed by atoms with van der Waals surface area (Å²) in [5, 5.41) is 8.71. The summed E-state index contributed by atoms with van der Waals surface area (Å²) in [5.41, 5.74) is 0. The molecule has 0 aromatic rings. The van der Waals surface area contributed by atoms with E-state index < -0.39 is 6.10 Å². The number of morpholine rings is 1. The maximum Gasteiger partial charge on any atom is 0.253 e. The molecule has 0 aromatic heterocycles. The summed E-state index contributed by atoms with van der Waals surface area (Å²) >= 11 is 3.62. The second-order valence-electron chi connectivity index (χ2n) is 3.04. The Kier molecular flexibility index (Phi) is 5.24. The van der Waals surface area contributed by atoms with Crippen molar-refractivity contribution in [2.75, 3.05) is 32.9 Å². The zero-order valence-corrected chi connectivity index (χ0v) is 8.78. The Morgan fingerprint density at radius 3 is 2.71 bits per heavy atom. The Labute approximate surface area is 88.6 Å². The van der Waals surface area contributed by atoms with Crippen LogP contribution >= 0.6 is 12.9 Å². The van der Waals surface area contributed by atoms with Crippen molar-refractivity contribution in [3.8, 4) is 0 Å². The molecule has 0 aliphatic carbocycles. The molecule has 82 valence electrons.